The highest BCUT2D eigenvalue weighted by Crippen LogP contribution is 2.59. The second-order valence-electron chi connectivity index (χ2n) is 6.16. The van der Waals surface area contributed by atoms with Crippen molar-refractivity contribution in [3.63, 3.8) is 0 Å². The van der Waals surface area contributed by atoms with Gasteiger partial charge in [-0.15, -0.1) is 0 Å². The zero-order valence-electron chi connectivity index (χ0n) is 12.1. The van der Waals surface area contributed by atoms with Crippen molar-refractivity contribution in [2.24, 2.45) is 22.7 Å². The molecule has 4 N–H and O–H groups in total. The number of rotatable bonds is 4. The quantitative estimate of drug-likeness (QED) is 0.340. The summed E-state index contributed by atoms with van der Waals surface area (Å²) < 4.78 is 0. The minimum absolute atomic E-state index is 0.0865. The van der Waals surface area contributed by atoms with Crippen molar-refractivity contribution < 1.29 is 10.0 Å². The topological polar surface area (TPSA) is 87.7 Å². The Bertz CT molecular complexity index is 585. The lowest BCUT2D eigenvalue weighted by Crippen LogP contribution is -2.37. The first kappa shape index (κ1) is 13.9. The number of oxime groups is 1. The Kier molecular flexibility index (Phi) is 3.57. The molecule has 2 aliphatic carbocycles. The molecule has 5 nitrogen and oxygen atoms in total. The first-order chi connectivity index (χ1) is 10.1. The van der Waals surface area contributed by atoms with E-state index in [1.54, 1.807) is 0 Å². The number of nitrogens with one attached hydrogen (secondary N) is 1. The maximum atomic E-state index is 12.4. The molecule has 1 aromatic rings. The molecule has 1 aromatic carbocycles. The van der Waals surface area contributed by atoms with Gasteiger partial charge in [-0.1, -0.05) is 29.4 Å². The minimum atomic E-state index is -0.119. The van der Waals surface area contributed by atoms with E-state index in [1.807, 2.05) is 6.92 Å². The van der Waals surface area contributed by atoms with Crippen LogP contribution in [0.5, 0.6) is 0 Å². The van der Waals surface area contributed by atoms with E-state index < -0.39 is 0 Å². The molecule has 1 saturated carbocycles. The number of nitrogens with zero attached hydrogens (tertiary/aromatic N) is 1. The van der Waals surface area contributed by atoms with Gasteiger partial charge < -0.3 is 16.3 Å². The molecule has 0 aromatic heterocycles. The van der Waals surface area contributed by atoms with Gasteiger partial charge in [0.1, 0.15) is 5.84 Å². The van der Waals surface area contributed by atoms with Gasteiger partial charge in [-0.25, -0.2) is 0 Å². The number of benzene rings is 1. The van der Waals surface area contributed by atoms with Crippen molar-refractivity contribution in [3.8, 4) is 0 Å². The summed E-state index contributed by atoms with van der Waals surface area (Å²) >= 11 is 0. The molecule has 0 bridgehead atoms. The predicted octanol–water partition coefficient (Wildman–Crippen LogP) is 1.60. The smallest absolute Gasteiger partial charge is 0.224 e. The van der Waals surface area contributed by atoms with Crippen molar-refractivity contribution in [3.05, 3.63) is 35.4 Å². The fourth-order valence-corrected chi connectivity index (χ4v) is 3.67. The maximum Gasteiger partial charge on any atom is 0.224 e. The van der Waals surface area contributed by atoms with E-state index in [0.29, 0.717) is 18.3 Å². The van der Waals surface area contributed by atoms with Crippen LogP contribution in [0.2, 0.25) is 0 Å². The zero-order chi connectivity index (χ0) is 15.0. The summed E-state index contributed by atoms with van der Waals surface area (Å²) in [4.78, 5) is 12.4. The lowest BCUT2D eigenvalue weighted by molar-refractivity contribution is -0.123. The number of amidine groups is 1. The van der Waals surface area contributed by atoms with Crippen LogP contribution in [0.25, 0.3) is 0 Å². The van der Waals surface area contributed by atoms with Gasteiger partial charge in [0.15, 0.2) is 0 Å². The van der Waals surface area contributed by atoms with Gasteiger partial charge in [-0.3, -0.25) is 4.79 Å². The van der Waals surface area contributed by atoms with Crippen molar-refractivity contribution in [2.75, 3.05) is 0 Å². The zero-order valence-corrected chi connectivity index (χ0v) is 12.1. The lowest BCUT2D eigenvalue weighted by Gasteiger charge is -2.13. The molecule has 4 atom stereocenters. The third-order valence-corrected chi connectivity index (χ3v) is 4.66. The predicted molar refractivity (Wildman–Crippen MR) is 80.1 cm³/mol. The van der Waals surface area contributed by atoms with Crippen LogP contribution >= 0.6 is 0 Å². The van der Waals surface area contributed by atoms with Gasteiger partial charge in [0, 0.05) is 18.4 Å². The highest BCUT2D eigenvalue weighted by Gasteiger charge is 2.56. The Morgan fingerprint density at radius 1 is 1.52 bits per heavy atom. The number of amides is 1. The summed E-state index contributed by atoms with van der Waals surface area (Å²) in [5.74, 6) is 1.19. The van der Waals surface area contributed by atoms with Crippen LogP contribution < -0.4 is 11.1 Å². The van der Waals surface area contributed by atoms with E-state index in [-0.39, 0.29) is 23.7 Å². The molecule has 4 unspecified atom stereocenters. The molecule has 0 spiro atoms. The average Bonchev–Trinajstić information content (AvgIpc) is 3.21. The van der Waals surface area contributed by atoms with Crippen LogP contribution in [0.4, 0.5) is 0 Å². The van der Waals surface area contributed by atoms with Gasteiger partial charge in [0.2, 0.25) is 5.91 Å². The number of carbonyl (C=O) groups excluding carboxylic acids is 1. The number of hydrogen-bond donors (Lipinski definition) is 3. The van der Waals surface area contributed by atoms with Crippen LogP contribution in [0.1, 0.15) is 36.8 Å². The Labute approximate surface area is 124 Å². The van der Waals surface area contributed by atoms with Crippen molar-refractivity contribution >= 4 is 11.7 Å². The first-order valence-electron chi connectivity index (χ1n) is 7.46. The van der Waals surface area contributed by atoms with Crippen molar-refractivity contribution in [1.82, 2.24) is 5.32 Å². The summed E-state index contributed by atoms with van der Waals surface area (Å²) in [5, 5.41) is 14.5. The van der Waals surface area contributed by atoms with Crippen LogP contribution in [0.3, 0.4) is 0 Å². The van der Waals surface area contributed by atoms with Gasteiger partial charge in [0.05, 0.1) is 0 Å². The Morgan fingerprint density at radius 3 is 3.05 bits per heavy atom. The van der Waals surface area contributed by atoms with Gasteiger partial charge in [-0.05, 0) is 42.7 Å². The third kappa shape index (κ3) is 2.60. The van der Waals surface area contributed by atoms with Crippen LogP contribution in [0, 0.1) is 11.8 Å². The molecule has 0 heterocycles. The first-order valence-corrected chi connectivity index (χ1v) is 7.46. The normalized spacial score (nSPS) is 28.2. The van der Waals surface area contributed by atoms with Crippen molar-refractivity contribution in [1.29, 1.82) is 0 Å². The molecular formula is C16H21N3O2. The molecule has 5 heteroatoms. The van der Waals surface area contributed by atoms with Crippen molar-refractivity contribution in [2.45, 2.75) is 38.1 Å². The molecule has 0 saturated heterocycles. The maximum absolute atomic E-state index is 12.4. The van der Waals surface area contributed by atoms with Crippen LogP contribution in [-0.4, -0.2) is 23.0 Å². The van der Waals surface area contributed by atoms with E-state index in [1.165, 1.54) is 11.1 Å². The van der Waals surface area contributed by atoms with Gasteiger partial charge in [-0.2, -0.15) is 0 Å². The van der Waals surface area contributed by atoms with E-state index in [0.717, 1.165) is 12.8 Å². The second kappa shape index (κ2) is 5.39. The molecule has 1 amide bonds. The van der Waals surface area contributed by atoms with E-state index in [4.69, 9.17) is 10.9 Å². The number of fused-ring (bicyclic) bond motifs is 3. The average molecular weight is 287 g/mol. The standard InChI is InChI=1S/C16H21N3O2/c1-9(8-13(17)19-21)18-16(20)15-12-7-6-10-4-2-3-5-11(10)14(12)15/h2-5,9,12,14-15,21H,6-8H2,1H3,(H2,17,19)(H,18,20). The monoisotopic (exact) mass is 287 g/mol. The minimum Gasteiger partial charge on any atom is -0.409 e. The Balaban J connectivity index is 1.64. The molecular weight excluding hydrogens is 266 g/mol. The highest BCUT2D eigenvalue weighted by atomic mass is 16.4. The molecule has 3 rings (SSSR count). The molecule has 21 heavy (non-hydrogen) atoms. The highest BCUT2D eigenvalue weighted by molar-refractivity contribution is 5.85. The van der Waals surface area contributed by atoms with Crippen LogP contribution in [-0.2, 0) is 11.2 Å². The van der Waals surface area contributed by atoms with E-state index in [2.05, 4.69) is 34.7 Å². The fraction of sp³-hybridized carbons (Fsp3) is 0.500. The fourth-order valence-electron chi connectivity index (χ4n) is 3.67. The Morgan fingerprint density at radius 2 is 2.29 bits per heavy atom. The molecule has 112 valence electrons. The molecule has 0 aliphatic heterocycles. The van der Waals surface area contributed by atoms with Gasteiger partial charge in [0.25, 0.3) is 0 Å². The molecule has 2 aliphatic rings. The van der Waals surface area contributed by atoms with Crippen LogP contribution in [0.15, 0.2) is 29.4 Å². The van der Waals surface area contributed by atoms with E-state index in [9.17, 15) is 4.79 Å². The van der Waals surface area contributed by atoms with Gasteiger partial charge >= 0.3 is 0 Å². The lowest BCUT2D eigenvalue weighted by atomic mass is 9.92. The SMILES string of the molecule is CC(C/C(N)=N/O)NC(=O)C1C2CCc3ccccc3C21. The number of hydrogen-bond acceptors (Lipinski definition) is 3. The molecule has 1 fully saturated rings. The summed E-state index contributed by atoms with van der Waals surface area (Å²) in [6, 6.07) is 8.32. The summed E-state index contributed by atoms with van der Waals surface area (Å²) in [6.07, 6.45) is 2.52. The number of nitrogens with two attached hydrogens (primary N) is 1. The van der Waals surface area contributed by atoms with E-state index >= 15 is 0 Å². The number of aryl methyl sites for hydroxylation is 1. The third-order valence-electron chi connectivity index (χ3n) is 4.66. The second-order valence-corrected chi connectivity index (χ2v) is 6.16. The summed E-state index contributed by atoms with van der Waals surface area (Å²) in [7, 11) is 0. The Hall–Kier alpha value is -2.04. The summed E-state index contributed by atoms with van der Waals surface area (Å²) in [5.41, 5.74) is 8.20. The largest absolute Gasteiger partial charge is 0.409 e. The molecule has 0 radical (unpaired) electrons. The number of carbonyl (C=O) groups is 1. The summed E-state index contributed by atoms with van der Waals surface area (Å²) in [6.45, 7) is 1.87.